The quantitative estimate of drug-likeness (QED) is 0.939. The Hall–Kier alpha value is -2.33. The van der Waals surface area contributed by atoms with Crippen LogP contribution in [0.1, 0.15) is 17.0 Å². The lowest BCUT2D eigenvalue weighted by Crippen LogP contribution is -2.15. The third-order valence-electron chi connectivity index (χ3n) is 2.78. The van der Waals surface area contributed by atoms with Crippen molar-refractivity contribution in [2.24, 2.45) is 0 Å². The molecule has 0 aliphatic carbocycles. The van der Waals surface area contributed by atoms with Gasteiger partial charge in [-0.3, -0.25) is 4.57 Å². The monoisotopic (exact) mass is 280 g/mol. The number of nitriles is 1. The minimum Gasteiger partial charge on any atom is -0.316 e. The molecule has 0 unspecified atom stereocenters. The smallest absolute Gasteiger partial charge is 0.316 e. The van der Waals surface area contributed by atoms with Crippen molar-refractivity contribution in [1.29, 1.82) is 5.26 Å². The van der Waals surface area contributed by atoms with E-state index >= 15 is 0 Å². The normalized spacial score (nSPS) is 11.3. The molecule has 0 spiro atoms. The summed E-state index contributed by atoms with van der Waals surface area (Å²) in [6, 6.07) is 5.78. The van der Waals surface area contributed by atoms with Crippen molar-refractivity contribution in [1.82, 2.24) is 14.9 Å². The fourth-order valence-electron chi connectivity index (χ4n) is 1.92. The van der Waals surface area contributed by atoms with Crippen LogP contribution in [0.2, 0.25) is 0 Å². The van der Waals surface area contributed by atoms with Crippen molar-refractivity contribution in [3.8, 4) is 11.8 Å². The van der Waals surface area contributed by atoms with Crippen LogP contribution in [0.3, 0.4) is 0 Å². The summed E-state index contributed by atoms with van der Waals surface area (Å²) in [5.41, 5.74) is -0.310. The van der Waals surface area contributed by atoms with Gasteiger partial charge in [-0.05, 0) is 24.7 Å². The van der Waals surface area contributed by atoms with Gasteiger partial charge in [-0.1, -0.05) is 6.07 Å². The highest BCUT2D eigenvalue weighted by atomic mass is 19.4. The minimum absolute atomic E-state index is 0.0412. The molecule has 1 aromatic heterocycles. The first-order valence-corrected chi connectivity index (χ1v) is 5.76. The first-order chi connectivity index (χ1) is 9.47. The first kappa shape index (κ1) is 14.1. The van der Waals surface area contributed by atoms with Gasteiger partial charge in [0.25, 0.3) is 0 Å². The molecular formula is C13H11F3N4. The Morgan fingerprint density at radius 1 is 1.40 bits per heavy atom. The van der Waals surface area contributed by atoms with Gasteiger partial charge in [-0.25, -0.2) is 4.98 Å². The third-order valence-corrected chi connectivity index (χ3v) is 2.78. The number of alkyl halides is 3. The van der Waals surface area contributed by atoms with E-state index in [0.717, 1.165) is 6.07 Å². The highest BCUT2D eigenvalue weighted by Gasteiger charge is 2.33. The molecule has 0 fully saturated rings. The third kappa shape index (κ3) is 2.65. The molecule has 0 aliphatic heterocycles. The van der Waals surface area contributed by atoms with E-state index in [1.807, 2.05) is 6.07 Å². The second-order valence-electron chi connectivity index (χ2n) is 4.10. The fourth-order valence-corrected chi connectivity index (χ4v) is 1.92. The van der Waals surface area contributed by atoms with Gasteiger partial charge < -0.3 is 5.32 Å². The minimum atomic E-state index is -4.45. The van der Waals surface area contributed by atoms with Crippen molar-refractivity contribution in [3.63, 3.8) is 0 Å². The average Bonchev–Trinajstić information content (AvgIpc) is 2.86. The van der Waals surface area contributed by atoms with Crippen molar-refractivity contribution in [2.75, 3.05) is 7.05 Å². The molecule has 4 nitrogen and oxygen atoms in total. The summed E-state index contributed by atoms with van der Waals surface area (Å²) in [6.45, 7) is 0.115. The van der Waals surface area contributed by atoms with Gasteiger partial charge in [0.2, 0.25) is 5.82 Å². The summed E-state index contributed by atoms with van der Waals surface area (Å²) >= 11 is 0. The Morgan fingerprint density at radius 3 is 2.75 bits per heavy atom. The molecule has 0 amide bonds. The van der Waals surface area contributed by atoms with Crippen LogP contribution in [0.5, 0.6) is 0 Å². The molecule has 1 aromatic carbocycles. The molecule has 0 saturated heterocycles. The maximum absolute atomic E-state index is 13.1. The maximum atomic E-state index is 13.1. The molecule has 0 aliphatic rings. The van der Waals surface area contributed by atoms with Gasteiger partial charge in [-0.2, -0.15) is 18.4 Å². The van der Waals surface area contributed by atoms with Gasteiger partial charge in [0.05, 0.1) is 5.56 Å². The van der Waals surface area contributed by atoms with Crippen LogP contribution in [-0.4, -0.2) is 16.6 Å². The molecule has 2 aromatic rings. The largest absolute Gasteiger partial charge is 0.416 e. The van der Waals surface area contributed by atoms with Gasteiger partial charge in [-0.15, -0.1) is 0 Å². The lowest BCUT2D eigenvalue weighted by atomic mass is 10.1. The summed E-state index contributed by atoms with van der Waals surface area (Å²) in [7, 11) is 1.58. The zero-order valence-electron chi connectivity index (χ0n) is 10.6. The average molecular weight is 280 g/mol. The van der Waals surface area contributed by atoms with Crippen LogP contribution in [0.25, 0.3) is 5.69 Å². The lowest BCUT2D eigenvalue weighted by Gasteiger charge is -2.15. The second kappa shape index (κ2) is 5.35. The Labute approximate surface area is 113 Å². The standard InChI is InChI=1S/C13H11F3N4/c1-18-8-9-2-3-10(6-11(9)13(14,15)16)20-5-4-19-12(20)7-17/h2-6,18H,8H2,1H3. The number of benzene rings is 1. The van der Waals surface area contributed by atoms with E-state index < -0.39 is 11.7 Å². The maximum Gasteiger partial charge on any atom is 0.416 e. The second-order valence-corrected chi connectivity index (χ2v) is 4.10. The molecule has 104 valence electrons. The van der Waals surface area contributed by atoms with E-state index in [1.54, 1.807) is 7.05 Å². The lowest BCUT2D eigenvalue weighted by molar-refractivity contribution is -0.138. The number of rotatable bonds is 3. The zero-order valence-corrected chi connectivity index (χ0v) is 10.6. The van der Waals surface area contributed by atoms with Crippen LogP contribution < -0.4 is 5.32 Å². The van der Waals surface area contributed by atoms with E-state index in [2.05, 4.69) is 10.3 Å². The van der Waals surface area contributed by atoms with Crippen molar-refractivity contribution >= 4 is 0 Å². The van der Waals surface area contributed by atoms with Gasteiger partial charge in [0.15, 0.2) is 0 Å². The number of halogens is 3. The molecule has 20 heavy (non-hydrogen) atoms. The van der Waals surface area contributed by atoms with Gasteiger partial charge in [0, 0.05) is 24.6 Å². The van der Waals surface area contributed by atoms with E-state index in [1.165, 1.54) is 29.1 Å². The van der Waals surface area contributed by atoms with Gasteiger partial charge in [0.1, 0.15) is 6.07 Å². The predicted octanol–water partition coefficient (Wildman–Crippen LogP) is 2.48. The highest BCUT2D eigenvalue weighted by molar-refractivity contribution is 5.44. The Morgan fingerprint density at radius 2 is 2.15 bits per heavy atom. The van der Waals surface area contributed by atoms with Crippen LogP contribution in [0, 0.1) is 11.3 Å². The number of imidazole rings is 1. The SMILES string of the molecule is CNCc1ccc(-n2ccnc2C#N)cc1C(F)(F)F. The summed E-state index contributed by atoms with van der Waals surface area (Å²) in [5, 5.41) is 11.6. The van der Waals surface area contributed by atoms with E-state index in [0.29, 0.717) is 0 Å². The molecule has 2 rings (SSSR count). The predicted molar refractivity (Wildman–Crippen MR) is 66.0 cm³/mol. The first-order valence-electron chi connectivity index (χ1n) is 5.76. The summed E-state index contributed by atoms with van der Waals surface area (Å²) in [6.07, 6.45) is -1.63. The number of aromatic nitrogens is 2. The Balaban J connectivity index is 2.56. The molecule has 0 atom stereocenters. The van der Waals surface area contributed by atoms with Crippen molar-refractivity contribution in [2.45, 2.75) is 12.7 Å². The van der Waals surface area contributed by atoms with E-state index in [4.69, 9.17) is 5.26 Å². The molecular weight excluding hydrogens is 269 g/mol. The summed E-state index contributed by atoms with van der Waals surface area (Å²) in [4.78, 5) is 3.77. The van der Waals surface area contributed by atoms with Crippen LogP contribution in [0.4, 0.5) is 13.2 Å². The number of hydrogen-bond acceptors (Lipinski definition) is 3. The molecule has 1 heterocycles. The van der Waals surface area contributed by atoms with Crippen LogP contribution >= 0.6 is 0 Å². The van der Waals surface area contributed by atoms with Crippen molar-refractivity contribution in [3.05, 3.63) is 47.5 Å². The topological polar surface area (TPSA) is 53.6 Å². The van der Waals surface area contributed by atoms with E-state index in [9.17, 15) is 13.2 Å². The van der Waals surface area contributed by atoms with Crippen LogP contribution in [-0.2, 0) is 12.7 Å². The zero-order chi connectivity index (χ0) is 14.8. The Kier molecular flexibility index (Phi) is 3.77. The van der Waals surface area contributed by atoms with E-state index in [-0.39, 0.29) is 23.6 Å². The Bertz CT molecular complexity index is 652. The fraction of sp³-hybridized carbons (Fsp3) is 0.231. The molecule has 7 heteroatoms. The highest BCUT2D eigenvalue weighted by Crippen LogP contribution is 2.33. The van der Waals surface area contributed by atoms with Crippen LogP contribution in [0.15, 0.2) is 30.6 Å². The molecule has 1 N–H and O–H groups in total. The van der Waals surface area contributed by atoms with Crippen molar-refractivity contribution < 1.29 is 13.2 Å². The number of nitrogens with one attached hydrogen (secondary N) is 1. The summed E-state index contributed by atoms with van der Waals surface area (Å²) in [5.74, 6) is 0.0412. The molecule has 0 saturated carbocycles. The number of hydrogen-bond donors (Lipinski definition) is 1. The molecule has 0 bridgehead atoms. The molecule has 0 radical (unpaired) electrons. The van der Waals surface area contributed by atoms with Gasteiger partial charge >= 0.3 is 6.18 Å². The summed E-state index contributed by atoms with van der Waals surface area (Å²) < 4.78 is 40.5. The number of nitrogens with zero attached hydrogens (tertiary/aromatic N) is 3.